The molecule has 5 rings (SSSR count). The Morgan fingerprint density at radius 2 is 1.36 bits per heavy atom. The van der Waals surface area contributed by atoms with E-state index in [1.54, 1.807) is 13.8 Å². The van der Waals surface area contributed by atoms with Crippen LogP contribution in [0.15, 0.2) is 66.7 Å². The molecule has 0 spiro atoms. The summed E-state index contributed by atoms with van der Waals surface area (Å²) in [6.07, 6.45) is -0.0264. The van der Waals surface area contributed by atoms with E-state index < -0.39 is 83.6 Å². The van der Waals surface area contributed by atoms with E-state index in [2.05, 4.69) is 26.6 Å². The first-order valence-corrected chi connectivity index (χ1v) is 22.1. The van der Waals surface area contributed by atoms with E-state index >= 15 is 0 Å². The van der Waals surface area contributed by atoms with Gasteiger partial charge in [0.15, 0.2) is 0 Å². The first-order valence-electron chi connectivity index (χ1n) is 22.1. The first kappa shape index (κ1) is 49.8. The van der Waals surface area contributed by atoms with Crippen LogP contribution in [-0.4, -0.2) is 94.0 Å². The molecule has 0 radical (unpaired) electrons. The van der Waals surface area contributed by atoms with Gasteiger partial charge in [-0.05, 0) is 78.0 Å². The number of phenolic OH excluding ortho intramolecular Hbond substituents is 1. The van der Waals surface area contributed by atoms with Crippen LogP contribution >= 0.6 is 0 Å². The molecule has 0 aliphatic heterocycles. The van der Waals surface area contributed by atoms with Crippen molar-refractivity contribution < 1.29 is 53.3 Å². The monoisotopic (exact) mass is 912 g/mol. The third kappa shape index (κ3) is 13.2. The number of fused-ring (bicyclic) bond motifs is 3. The number of alkyl carbamates (subject to hydrolysis) is 1. The SMILES string of the molecule is CC(C)C[C@H](NC(=O)[C@H](CCCC(=O)O)NC(=O)OCC1c2ccccc2-c2ccccc21)C(=O)N[C@@H](Cc1ccc(O)c(N)c1)C(=O)NC1(C(=O)N[C@@H](CC(N)=O)C(N)=O)CCCCC1. The highest BCUT2D eigenvalue weighted by Gasteiger charge is 2.44. The summed E-state index contributed by atoms with van der Waals surface area (Å²) in [5, 5.41) is 32.7. The molecule has 4 atom stereocenters. The summed E-state index contributed by atoms with van der Waals surface area (Å²) in [7, 11) is 0. The number of primary amides is 2. The van der Waals surface area contributed by atoms with Crippen LogP contribution in [0, 0.1) is 5.92 Å². The van der Waals surface area contributed by atoms with Gasteiger partial charge in [-0.3, -0.25) is 33.6 Å². The topological polar surface area (TPSA) is 324 Å². The Morgan fingerprint density at radius 1 is 0.758 bits per heavy atom. The van der Waals surface area contributed by atoms with Crippen LogP contribution < -0.4 is 43.8 Å². The van der Waals surface area contributed by atoms with E-state index in [-0.39, 0.29) is 74.8 Å². The molecule has 0 aromatic heterocycles. The summed E-state index contributed by atoms with van der Waals surface area (Å²) in [4.78, 5) is 105. The van der Waals surface area contributed by atoms with Crippen LogP contribution in [0.2, 0.25) is 0 Å². The van der Waals surface area contributed by atoms with Crippen molar-refractivity contribution in [1.29, 1.82) is 0 Å². The van der Waals surface area contributed by atoms with Gasteiger partial charge in [-0.2, -0.15) is 0 Å². The van der Waals surface area contributed by atoms with Gasteiger partial charge >= 0.3 is 12.1 Å². The molecule has 0 bridgehead atoms. The molecule has 1 saturated carbocycles. The van der Waals surface area contributed by atoms with Gasteiger partial charge in [0, 0.05) is 18.8 Å². The van der Waals surface area contributed by atoms with Gasteiger partial charge in [0.25, 0.3) is 0 Å². The van der Waals surface area contributed by atoms with Gasteiger partial charge in [-0.25, -0.2) is 4.79 Å². The number of carbonyl (C=O) groups is 8. The number of aromatic hydroxyl groups is 1. The maximum atomic E-state index is 14.4. The third-order valence-corrected chi connectivity index (χ3v) is 11.9. The molecule has 7 amide bonds. The molecule has 19 heteroatoms. The second-order valence-corrected chi connectivity index (χ2v) is 17.4. The van der Waals surface area contributed by atoms with Crippen molar-refractivity contribution in [2.45, 2.75) is 120 Å². The summed E-state index contributed by atoms with van der Waals surface area (Å²) < 4.78 is 5.69. The molecule has 1 fully saturated rings. The number of anilines is 1. The standard InChI is InChI=1S/C47H60N8O11/c1-26(2)21-36(51-42(61)34(15-10-16-40(58)59)54-46(65)66-25-32-30-13-6-4-11-28(30)29-12-5-7-14-31(29)32)43(62)52-37(23-27-17-18-38(56)33(48)22-27)44(63)55-47(19-8-3-9-20-47)45(64)53-35(41(50)60)24-39(49)57/h4-7,11-14,17-18,22,26,32,34-37,56H,3,8-10,15-16,19-21,23-25,48H2,1-2H3,(H2,49,57)(H2,50,60)(H,51,61)(H,52,62)(H,53,64)(H,54,65)(H,55,63)(H,58,59)/t34-,35-,36-,37-/m0/s1. The normalized spacial score (nSPS) is 15.7. The third-order valence-electron chi connectivity index (χ3n) is 11.9. The zero-order valence-electron chi connectivity index (χ0n) is 37.1. The van der Waals surface area contributed by atoms with Crippen LogP contribution in [-0.2, 0) is 44.7 Å². The minimum Gasteiger partial charge on any atom is -0.506 e. The Hall–Kier alpha value is -7.18. The van der Waals surface area contributed by atoms with Crippen molar-refractivity contribution in [3.63, 3.8) is 0 Å². The number of nitrogens with two attached hydrogens (primary N) is 3. The zero-order chi connectivity index (χ0) is 48.1. The molecule has 66 heavy (non-hydrogen) atoms. The number of amides is 7. The largest absolute Gasteiger partial charge is 0.506 e. The summed E-state index contributed by atoms with van der Waals surface area (Å²) in [6.45, 7) is 3.55. The predicted molar refractivity (Wildman–Crippen MR) is 242 cm³/mol. The first-order chi connectivity index (χ1) is 31.4. The average molecular weight is 913 g/mol. The fourth-order valence-corrected chi connectivity index (χ4v) is 8.54. The van der Waals surface area contributed by atoms with Crippen LogP contribution in [0.3, 0.4) is 0 Å². The molecule has 19 nitrogen and oxygen atoms in total. The molecule has 354 valence electrons. The Labute approximate surface area is 382 Å². The highest BCUT2D eigenvalue weighted by atomic mass is 16.5. The van der Waals surface area contributed by atoms with Gasteiger partial charge in [0.1, 0.15) is 42.1 Å². The number of rotatable bonds is 22. The number of benzene rings is 3. The van der Waals surface area contributed by atoms with E-state index in [9.17, 15) is 48.6 Å². The Morgan fingerprint density at radius 3 is 1.94 bits per heavy atom. The number of hydrogen-bond donors (Lipinski definition) is 10. The molecule has 3 aromatic carbocycles. The van der Waals surface area contributed by atoms with Gasteiger partial charge in [0.05, 0.1) is 12.1 Å². The van der Waals surface area contributed by atoms with Crippen LogP contribution in [0.1, 0.15) is 101 Å². The quantitative estimate of drug-likeness (QED) is 0.0513. The lowest BCUT2D eigenvalue weighted by atomic mass is 9.80. The fourth-order valence-electron chi connectivity index (χ4n) is 8.54. The second kappa shape index (κ2) is 22.6. The summed E-state index contributed by atoms with van der Waals surface area (Å²) >= 11 is 0. The minimum atomic E-state index is -1.59. The molecule has 13 N–H and O–H groups in total. The number of hydrogen-bond acceptors (Lipinski definition) is 11. The predicted octanol–water partition coefficient (Wildman–Crippen LogP) is 2.36. The number of nitrogen functional groups attached to an aromatic ring is 1. The summed E-state index contributed by atoms with van der Waals surface area (Å²) in [6, 6.07) is 14.3. The maximum Gasteiger partial charge on any atom is 0.407 e. The van der Waals surface area contributed by atoms with Crippen molar-refractivity contribution in [1.82, 2.24) is 26.6 Å². The van der Waals surface area contributed by atoms with E-state index in [1.165, 1.54) is 18.2 Å². The number of nitrogens with one attached hydrogen (secondary N) is 5. The van der Waals surface area contributed by atoms with E-state index in [1.807, 2.05) is 48.5 Å². The van der Waals surface area contributed by atoms with Crippen LogP contribution in [0.25, 0.3) is 11.1 Å². The van der Waals surface area contributed by atoms with E-state index in [0.717, 1.165) is 28.7 Å². The van der Waals surface area contributed by atoms with Crippen LogP contribution in [0.5, 0.6) is 5.75 Å². The van der Waals surface area contributed by atoms with Gasteiger partial charge in [-0.15, -0.1) is 0 Å². The molecule has 3 aromatic rings. The molecule has 2 aliphatic carbocycles. The van der Waals surface area contributed by atoms with Gasteiger partial charge in [-0.1, -0.05) is 87.7 Å². The highest BCUT2D eigenvalue weighted by molar-refractivity contribution is 5.99. The number of carbonyl (C=O) groups excluding carboxylic acids is 7. The molecule has 0 heterocycles. The van der Waals surface area contributed by atoms with Crippen LogP contribution in [0.4, 0.5) is 10.5 Å². The molecule has 0 unspecified atom stereocenters. The lowest BCUT2D eigenvalue weighted by Crippen LogP contribution is -2.65. The summed E-state index contributed by atoms with van der Waals surface area (Å²) in [5.41, 5.74) is 19.5. The molecule has 0 saturated heterocycles. The average Bonchev–Trinajstić information content (AvgIpc) is 3.58. The Balaban J connectivity index is 1.36. The number of aliphatic carboxylic acids is 1. The van der Waals surface area contributed by atoms with Crippen molar-refractivity contribution >= 4 is 53.2 Å². The molecular weight excluding hydrogens is 853 g/mol. The number of ether oxygens (including phenoxy) is 1. The van der Waals surface area contributed by atoms with Crippen molar-refractivity contribution in [2.24, 2.45) is 17.4 Å². The molecular formula is C47H60N8O11. The second-order valence-electron chi connectivity index (χ2n) is 17.4. The smallest absolute Gasteiger partial charge is 0.407 e. The van der Waals surface area contributed by atoms with Gasteiger partial charge in [0.2, 0.25) is 35.4 Å². The lowest BCUT2D eigenvalue weighted by Gasteiger charge is -2.38. The lowest BCUT2D eigenvalue weighted by molar-refractivity contribution is -0.139. The van der Waals surface area contributed by atoms with Crippen molar-refractivity contribution in [3.8, 4) is 16.9 Å². The number of phenols is 1. The number of carboxylic acid groups (broad SMARTS) is 1. The van der Waals surface area contributed by atoms with Crippen molar-refractivity contribution in [2.75, 3.05) is 12.3 Å². The van der Waals surface area contributed by atoms with Gasteiger partial charge < -0.3 is 58.7 Å². The Bertz CT molecular complexity index is 2250. The summed E-state index contributed by atoms with van der Waals surface area (Å²) in [5.74, 6) is -6.89. The minimum absolute atomic E-state index is 0.00385. The van der Waals surface area contributed by atoms with E-state index in [0.29, 0.717) is 18.4 Å². The number of carboxylic acids is 1. The maximum absolute atomic E-state index is 14.4. The fraction of sp³-hybridized carbons (Fsp3) is 0.447. The van der Waals surface area contributed by atoms with Crippen molar-refractivity contribution in [3.05, 3.63) is 83.4 Å². The molecule has 2 aliphatic rings. The Kier molecular flexibility index (Phi) is 17.1. The van der Waals surface area contributed by atoms with E-state index in [4.69, 9.17) is 21.9 Å². The highest BCUT2D eigenvalue weighted by Crippen LogP contribution is 2.44. The zero-order valence-corrected chi connectivity index (χ0v) is 37.1.